The number of nitro groups is 1. The van der Waals surface area contributed by atoms with Crippen LogP contribution in [0.1, 0.15) is 26.7 Å². The first-order valence-corrected chi connectivity index (χ1v) is 7.44. The number of hydrogen-bond donors (Lipinski definition) is 1. The second kappa shape index (κ2) is 6.85. The topological polar surface area (TPSA) is 58.4 Å². The summed E-state index contributed by atoms with van der Waals surface area (Å²) in [7, 11) is 0. The largest absolute Gasteiger partial charge is 0.374 e. The Hall–Kier alpha value is -1.69. The maximum absolute atomic E-state index is 13.9. The van der Waals surface area contributed by atoms with Gasteiger partial charge in [0.15, 0.2) is 5.82 Å². The van der Waals surface area contributed by atoms with E-state index in [2.05, 4.69) is 17.1 Å². The van der Waals surface area contributed by atoms with E-state index in [9.17, 15) is 14.5 Å². The number of piperidine rings is 1. The molecule has 1 aromatic carbocycles. The molecule has 0 aromatic heterocycles. The summed E-state index contributed by atoms with van der Waals surface area (Å²) in [5.41, 5.74) is -0.194. The minimum atomic E-state index is -0.568. The van der Waals surface area contributed by atoms with Gasteiger partial charge in [0.1, 0.15) is 5.69 Å². The summed E-state index contributed by atoms with van der Waals surface area (Å²) in [6.07, 6.45) is 2.06. The number of para-hydroxylation sites is 1. The lowest BCUT2D eigenvalue weighted by atomic mass is 9.90. The Morgan fingerprint density at radius 3 is 2.71 bits per heavy atom. The molecule has 0 radical (unpaired) electrons. The molecule has 116 valence electrons. The van der Waals surface area contributed by atoms with Gasteiger partial charge in [-0.25, -0.2) is 4.39 Å². The minimum absolute atomic E-state index is 0.00733. The molecule has 21 heavy (non-hydrogen) atoms. The highest BCUT2D eigenvalue weighted by Gasteiger charge is 2.26. The van der Waals surface area contributed by atoms with Crippen LogP contribution in [0.15, 0.2) is 18.2 Å². The average molecular weight is 295 g/mol. The lowest BCUT2D eigenvalue weighted by molar-refractivity contribution is -0.384. The molecular formula is C15H22FN3O2. The molecule has 1 N–H and O–H groups in total. The van der Waals surface area contributed by atoms with E-state index < -0.39 is 10.7 Å². The number of halogens is 1. The smallest absolute Gasteiger partial charge is 0.295 e. The molecule has 1 saturated heterocycles. The van der Waals surface area contributed by atoms with E-state index in [1.54, 1.807) is 0 Å². The fourth-order valence-corrected chi connectivity index (χ4v) is 2.92. The van der Waals surface area contributed by atoms with Crippen LogP contribution in [0, 0.1) is 21.8 Å². The summed E-state index contributed by atoms with van der Waals surface area (Å²) < 4.78 is 13.9. The van der Waals surface area contributed by atoms with Crippen LogP contribution in [0.4, 0.5) is 15.8 Å². The number of hydrogen-bond acceptors (Lipinski definition) is 4. The van der Waals surface area contributed by atoms with Crippen LogP contribution in [-0.4, -0.2) is 35.5 Å². The molecule has 0 aliphatic carbocycles. The maximum atomic E-state index is 13.9. The zero-order valence-electron chi connectivity index (χ0n) is 12.5. The van der Waals surface area contributed by atoms with Gasteiger partial charge in [0, 0.05) is 12.1 Å². The predicted octanol–water partition coefficient (Wildman–Crippen LogP) is 3.27. The van der Waals surface area contributed by atoms with E-state index >= 15 is 0 Å². The summed E-state index contributed by atoms with van der Waals surface area (Å²) in [4.78, 5) is 12.8. The predicted molar refractivity (Wildman–Crippen MR) is 81.0 cm³/mol. The number of benzene rings is 1. The number of rotatable bonds is 5. The van der Waals surface area contributed by atoms with Crippen molar-refractivity contribution in [1.29, 1.82) is 0 Å². The molecule has 1 unspecified atom stereocenters. The van der Waals surface area contributed by atoms with Gasteiger partial charge in [0.2, 0.25) is 0 Å². The van der Waals surface area contributed by atoms with Crippen molar-refractivity contribution in [2.24, 2.45) is 5.92 Å². The molecule has 0 bridgehead atoms. The van der Waals surface area contributed by atoms with Crippen LogP contribution < -0.4 is 5.32 Å². The van der Waals surface area contributed by atoms with Gasteiger partial charge < -0.3 is 10.2 Å². The third kappa shape index (κ3) is 3.69. The molecular weight excluding hydrogens is 273 g/mol. The molecule has 1 atom stereocenters. The van der Waals surface area contributed by atoms with Crippen LogP contribution in [-0.2, 0) is 0 Å². The molecule has 1 aromatic rings. The first-order chi connectivity index (χ1) is 10.0. The van der Waals surface area contributed by atoms with E-state index in [0.29, 0.717) is 5.92 Å². The van der Waals surface area contributed by atoms with Gasteiger partial charge in [-0.2, -0.15) is 0 Å². The van der Waals surface area contributed by atoms with Crippen molar-refractivity contribution in [1.82, 2.24) is 4.90 Å². The van der Waals surface area contributed by atoms with Gasteiger partial charge in [-0.15, -0.1) is 0 Å². The summed E-state index contributed by atoms with van der Waals surface area (Å²) in [6, 6.07) is 3.96. The van der Waals surface area contributed by atoms with Gasteiger partial charge in [0.25, 0.3) is 5.69 Å². The Morgan fingerprint density at radius 2 is 2.14 bits per heavy atom. The minimum Gasteiger partial charge on any atom is -0.374 e. The number of nitrogens with zero attached hydrogens (tertiary/aromatic N) is 2. The highest BCUT2D eigenvalue weighted by Crippen LogP contribution is 2.30. The van der Waals surface area contributed by atoms with Crippen LogP contribution in [0.25, 0.3) is 0 Å². The van der Waals surface area contributed by atoms with Gasteiger partial charge in [-0.05, 0) is 51.4 Å². The SMILES string of the molecule is CCN1CCC(C(C)Nc2c(F)cccc2[N+](=O)[O-])CC1. The van der Waals surface area contributed by atoms with Gasteiger partial charge in [-0.3, -0.25) is 10.1 Å². The summed E-state index contributed by atoms with van der Waals surface area (Å²) in [6.45, 7) is 7.24. The molecule has 1 heterocycles. The second-order valence-electron chi connectivity index (χ2n) is 5.60. The lowest BCUT2D eigenvalue weighted by Gasteiger charge is -2.34. The Balaban J connectivity index is 2.06. The van der Waals surface area contributed by atoms with Gasteiger partial charge in [-0.1, -0.05) is 13.0 Å². The molecule has 1 fully saturated rings. The van der Waals surface area contributed by atoms with Gasteiger partial charge >= 0.3 is 0 Å². The summed E-state index contributed by atoms with van der Waals surface area (Å²) >= 11 is 0. The van der Waals surface area contributed by atoms with Crippen LogP contribution in [0.3, 0.4) is 0 Å². The highest BCUT2D eigenvalue weighted by molar-refractivity contribution is 5.62. The summed E-state index contributed by atoms with van der Waals surface area (Å²) in [5.74, 6) is -0.158. The van der Waals surface area contributed by atoms with Crippen molar-refractivity contribution in [2.45, 2.75) is 32.7 Å². The number of likely N-dealkylation sites (tertiary alicyclic amines) is 1. The second-order valence-corrected chi connectivity index (χ2v) is 5.60. The van der Waals surface area contributed by atoms with Crippen molar-refractivity contribution < 1.29 is 9.31 Å². The Morgan fingerprint density at radius 1 is 1.48 bits per heavy atom. The van der Waals surface area contributed by atoms with Crippen molar-refractivity contribution >= 4 is 11.4 Å². The first-order valence-electron chi connectivity index (χ1n) is 7.44. The Kier molecular flexibility index (Phi) is 5.12. The van der Waals surface area contributed by atoms with Crippen molar-refractivity contribution in [3.8, 4) is 0 Å². The van der Waals surface area contributed by atoms with Crippen LogP contribution in [0.5, 0.6) is 0 Å². The van der Waals surface area contributed by atoms with Crippen molar-refractivity contribution in [3.63, 3.8) is 0 Å². The number of anilines is 1. The Labute approximate surface area is 124 Å². The maximum Gasteiger partial charge on any atom is 0.295 e. The average Bonchev–Trinajstić information content (AvgIpc) is 2.49. The molecule has 1 aliphatic rings. The molecule has 1 aliphatic heterocycles. The van der Waals surface area contributed by atoms with Gasteiger partial charge in [0.05, 0.1) is 4.92 Å². The van der Waals surface area contributed by atoms with E-state index in [1.807, 2.05) is 6.92 Å². The molecule has 6 heteroatoms. The zero-order chi connectivity index (χ0) is 15.4. The molecule has 0 saturated carbocycles. The molecule has 5 nitrogen and oxygen atoms in total. The van der Waals surface area contributed by atoms with Crippen molar-refractivity contribution in [3.05, 3.63) is 34.1 Å². The van der Waals surface area contributed by atoms with E-state index in [0.717, 1.165) is 32.5 Å². The van der Waals surface area contributed by atoms with Crippen molar-refractivity contribution in [2.75, 3.05) is 25.0 Å². The molecule has 0 amide bonds. The van der Waals surface area contributed by atoms with Crippen LogP contribution in [0.2, 0.25) is 0 Å². The zero-order valence-corrected chi connectivity index (χ0v) is 12.5. The standard InChI is InChI=1S/C15H22FN3O2/c1-3-18-9-7-12(8-10-18)11(2)17-15-13(16)5-4-6-14(15)19(20)21/h4-6,11-12,17H,3,7-10H2,1-2H3. The number of nitro benzene ring substituents is 1. The quantitative estimate of drug-likeness (QED) is 0.669. The fraction of sp³-hybridized carbons (Fsp3) is 0.600. The summed E-state index contributed by atoms with van der Waals surface area (Å²) in [5, 5.41) is 14.0. The monoisotopic (exact) mass is 295 g/mol. The third-order valence-electron chi connectivity index (χ3n) is 4.35. The third-order valence-corrected chi connectivity index (χ3v) is 4.35. The highest BCUT2D eigenvalue weighted by atomic mass is 19.1. The Bertz CT molecular complexity index is 502. The normalized spacial score (nSPS) is 18.4. The molecule has 2 rings (SSSR count). The van der Waals surface area contributed by atoms with E-state index in [1.165, 1.54) is 18.2 Å². The van der Waals surface area contributed by atoms with Crippen LogP contribution >= 0.6 is 0 Å². The fourth-order valence-electron chi connectivity index (χ4n) is 2.92. The van der Waals surface area contributed by atoms with E-state index in [4.69, 9.17) is 0 Å². The first kappa shape index (κ1) is 15.7. The van der Waals surface area contributed by atoms with E-state index in [-0.39, 0.29) is 17.4 Å². The lowest BCUT2D eigenvalue weighted by Crippen LogP contribution is -2.39. The number of nitrogens with one attached hydrogen (secondary N) is 1. The molecule has 0 spiro atoms.